The number of carboxylic acids is 1. The number of hydrogen-bond donors (Lipinski definition) is 2. The number of aliphatic carboxylic acids is 1. The summed E-state index contributed by atoms with van der Waals surface area (Å²) in [5, 5.41) is 11.7. The van der Waals surface area contributed by atoms with Gasteiger partial charge in [-0.05, 0) is 51.2 Å². The van der Waals surface area contributed by atoms with Gasteiger partial charge in [0.15, 0.2) is 0 Å². The summed E-state index contributed by atoms with van der Waals surface area (Å²) in [5.74, 6) is -1.77. The molecule has 1 rings (SSSR count). The van der Waals surface area contributed by atoms with Gasteiger partial charge in [0.1, 0.15) is 11.1 Å². The standard InChI is InChI=1S/C21H34N2O4/c1-6-9-12-17-15(11-8-3)14-16(19(25)23(17)13-10-7-2)18(24)22-21(4,5)20(26)27/h14H,6-13H2,1-5H3,(H,22,24)(H,26,27). The fourth-order valence-electron chi connectivity index (χ4n) is 3.01. The summed E-state index contributed by atoms with van der Waals surface area (Å²) in [6.45, 7) is 9.64. The van der Waals surface area contributed by atoms with E-state index in [4.69, 9.17) is 0 Å². The summed E-state index contributed by atoms with van der Waals surface area (Å²) >= 11 is 0. The van der Waals surface area contributed by atoms with Gasteiger partial charge in [-0.25, -0.2) is 4.79 Å². The number of carbonyl (C=O) groups excluding carboxylic acids is 1. The lowest BCUT2D eigenvalue weighted by molar-refractivity contribution is -0.143. The minimum Gasteiger partial charge on any atom is -0.480 e. The minimum atomic E-state index is -1.44. The Kier molecular flexibility index (Phi) is 8.73. The Balaban J connectivity index is 3.47. The number of pyridine rings is 1. The van der Waals surface area contributed by atoms with Crippen LogP contribution in [0.3, 0.4) is 0 Å². The molecule has 0 aliphatic carbocycles. The van der Waals surface area contributed by atoms with E-state index >= 15 is 0 Å². The first-order valence-electron chi connectivity index (χ1n) is 10.0. The molecule has 27 heavy (non-hydrogen) atoms. The van der Waals surface area contributed by atoms with Crippen LogP contribution in [0.25, 0.3) is 0 Å². The van der Waals surface area contributed by atoms with E-state index in [2.05, 4.69) is 26.1 Å². The summed E-state index contributed by atoms with van der Waals surface area (Å²) in [6, 6.07) is 1.67. The van der Waals surface area contributed by atoms with E-state index in [0.29, 0.717) is 6.54 Å². The van der Waals surface area contributed by atoms with Crippen LogP contribution in [-0.4, -0.2) is 27.1 Å². The quantitative estimate of drug-likeness (QED) is 0.616. The zero-order valence-corrected chi connectivity index (χ0v) is 17.4. The van der Waals surface area contributed by atoms with Gasteiger partial charge in [0.25, 0.3) is 11.5 Å². The molecule has 0 aliphatic heterocycles. The van der Waals surface area contributed by atoms with Crippen molar-refractivity contribution in [3.63, 3.8) is 0 Å². The van der Waals surface area contributed by atoms with E-state index in [1.165, 1.54) is 13.8 Å². The van der Waals surface area contributed by atoms with Crippen LogP contribution < -0.4 is 10.9 Å². The summed E-state index contributed by atoms with van der Waals surface area (Å²) in [5.41, 5.74) is 0.298. The monoisotopic (exact) mass is 378 g/mol. The Hall–Kier alpha value is -2.11. The molecular weight excluding hydrogens is 344 g/mol. The molecule has 0 aromatic carbocycles. The number of nitrogens with one attached hydrogen (secondary N) is 1. The van der Waals surface area contributed by atoms with Crippen LogP contribution in [0.4, 0.5) is 0 Å². The van der Waals surface area contributed by atoms with Crippen molar-refractivity contribution in [1.82, 2.24) is 9.88 Å². The van der Waals surface area contributed by atoms with E-state index < -0.39 is 17.4 Å². The highest BCUT2D eigenvalue weighted by Gasteiger charge is 2.31. The first-order valence-corrected chi connectivity index (χ1v) is 10.0. The molecule has 152 valence electrons. The molecule has 2 N–H and O–H groups in total. The lowest BCUT2D eigenvalue weighted by atomic mass is 9.99. The lowest BCUT2D eigenvalue weighted by Crippen LogP contribution is -2.51. The van der Waals surface area contributed by atoms with Gasteiger partial charge in [-0.2, -0.15) is 0 Å². The highest BCUT2D eigenvalue weighted by molar-refractivity contribution is 5.97. The SMILES string of the molecule is CCCCc1c(CCC)cc(C(=O)NC(C)(C)C(=O)O)c(=O)n1CCCC. The highest BCUT2D eigenvalue weighted by atomic mass is 16.4. The topological polar surface area (TPSA) is 88.4 Å². The minimum absolute atomic E-state index is 0.0316. The van der Waals surface area contributed by atoms with Crippen LogP contribution in [0.5, 0.6) is 0 Å². The summed E-state index contributed by atoms with van der Waals surface area (Å²) in [7, 11) is 0. The van der Waals surface area contributed by atoms with E-state index in [1.807, 2.05) is 0 Å². The maximum atomic E-state index is 13.1. The third kappa shape index (κ3) is 5.94. The first-order chi connectivity index (χ1) is 12.7. The van der Waals surface area contributed by atoms with Crippen LogP contribution in [0.1, 0.15) is 88.3 Å². The summed E-state index contributed by atoms with van der Waals surface area (Å²) in [6.07, 6.45) is 6.33. The molecule has 1 aromatic rings. The number of nitrogens with zero attached hydrogens (tertiary/aromatic N) is 1. The maximum Gasteiger partial charge on any atom is 0.328 e. The fourth-order valence-corrected chi connectivity index (χ4v) is 3.01. The van der Waals surface area contributed by atoms with Crippen LogP contribution in [0, 0.1) is 0 Å². The number of aryl methyl sites for hydroxylation is 1. The average Bonchev–Trinajstić information content (AvgIpc) is 2.60. The molecule has 1 aromatic heterocycles. The van der Waals surface area contributed by atoms with Crippen molar-refractivity contribution in [2.45, 2.75) is 91.6 Å². The van der Waals surface area contributed by atoms with Crippen molar-refractivity contribution in [2.24, 2.45) is 0 Å². The van der Waals surface area contributed by atoms with Gasteiger partial charge in [-0.3, -0.25) is 9.59 Å². The number of carbonyl (C=O) groups is 2. The van der Waals surface area contributed by atoms with Gasteiger partial charge in [-0.15, -0.1) is 0 Å². The molecule has 0 saturated heterocycles. The van der Waals surface area contributed by atoms with Gasteiger partial charge in [0, 0.05) is 12.2 Å². The van der Waals surface area contributed by atoms with Crippen molar-refractivity contribution >= 4 is 11.9 Å². The Bertz CT molecular complexity index is 720. The third-order valence-corrected chi connectivity index (χ3v) is 4.72. The molecule has 6 heteroatoms. The molecule has 0 saturated carbocycles. The predicted molar refractivity (Wildman–Crippen MR) is 107 cm³/mol. The molecule has 0 fully saturated rings. The van der Waals surface area contributed by atoms with Gasteiger partial charge >= 0.3 is 5.97 Å². The van der Waals surface area contributed by atoms with Crippen molar-refractivity contribution < 1.29 is 14.7 Å². The number of amides is 1. The van der Waals surface area contributed by atoms with Crippen molar-refractivity contribution in [3.05, 3.63) is 33.2 Å². The van der Waals surface area contributed by atoms with Crippen LogP contribution in [0.2, 0.25) is 0 Å². The molecule has 0 unspecified atom stereocenters. The van der Waals surface area contributed by atoms with Crippen molar-refractivity contribution in [3.8, 4) is 0 Å². The Morgan fingerprint density at radius 3 is 2.22 bits per heavy atom. The number of hydrogen-bond acceptors (Lipinski definition) is 3. The third-order valence-electron chi connectivity index (χ3n) is 4.72. The number of aromatic nitrogens is 1. The zero-order chi connectivity index (χ0) is 20.6. The Labute approximate surface area is 162 Å². The molecule has 0 atom stereocenters. The second-order valence-electron chi connectivity index (χ2n) is 7.58. The van der Waals surface area contributed by atoms with Crippen LogP contribution in [0.15, 0.2) is 10.9 Å². The van der Waals surface area contributed by atoms with E-state index in [1.54, 1.807) is 10.6 Å². The fraction of sp³-hybridized carbons (Fsp3) is 0.667. The molecular formula is C21H34N2O4. The van der Waals surface area contributed by atoms with E-state index in [0.717, 1.165) is 56.2 Å². The maximum absolute atomic E-state index is 13.1. The number of unbranched alkanes of at least 4 members (excludes halogenated alkanes) is 2. The highest BCUT2D eigenvalue weighted by Crippen LogP contribution is 2.16. The normalized spacial score (nSPS) is 11.4. The van der Waals surface area contributed by atoms with Gasteiger partial charge in [0.05, 0.1) is 0 Å². The molecule has 6 nitrogen and oxygen atoms in total. The van der Waals surface area contributed by atoms with Gasteiger partial charge in [0.2, 0.25) is 0 Å². The van der Waals surface area contributed by atoms with Crippen molar-refractivity contribution in [2.75, 3.05) is 0 Å². The van der Waals surface area contributed by atoms with Gasteiger partial charge < -0.3 is 15.0 Å². The van der Waals surface area contributed by atoms with Crippen LogP contribution in [-0.2, 0) is 24.2 Å². The smallest absolute Gasteiger partial charge is 0.328 e. The van der Waals surface area contributed by atoms with E-state index in [9.17, 15) is 19.5 Å². The molecule has 1 amide bonds. The number of carboxylic acid groups (broad SMARTS) is 1. The molecule has 0 bridgehead atoms. The Morgan fingerprint density at radius 1 is 1.07 bits per heavy atom. The van der Waals surface area contributed by atoms with Gasteiger partial charge in [-0.1, -0.05) is 40.0 Å². The van der Waals surface area contributed by atoms with Crippen LogP contribution >= 0.6 is 0 Å². The molecule has 0 radical (unpaired) electrons. The largest absolute Gasteiger partial charge is 0.480 e. The van der Waals surface area contributed by atoms with E-state index in [-0.39, 0.29) is 11.1 Å². The second kappa shape index (κ2) is 10.3. The lowest BCUT2D eigenvalue weighted by Gasteiger charge is -2.23. The summed E-state index contributed by atoms with van der Waals surface area (Å²) in [4.78, 5) is 37.1. The molecule has 0 spiro atoms. The summed E-state index contributed by atoms with van der Waals surface area (Å²) < 4.78 is 1.74. The predicted octanol–water partition coefficient (Wildman–Crippen LogP) is 3.54. The molecule has 0 aliphatic rings. The van der Waals surface area contributed by atoms with Crippen molar-refractivity contribution in [1.29, 1.82) is 0 Å². The number of rotatable bonds is 11. The average molecular weight is 379 g/mol. The molecule has 1 heterocycles. The Morgan fingerprint density at radius 2 is 1.70 bits per heavy atom. The second-order valence-corrected chi connectivity index (χ2v) is 7.58. The first kappa shape index (κ1) is 22.9. The zero-order valence-electron chi connectivity index (χ0n) is 17.4.